The molecule has 26 heavy (non-hydrogen) atoms. The lowest BCUT2D eigenvalue weighted by Crippen LogP contribution is -2.40. The van der Waals surface area contributed by atoms with Gasteiger partial charge >= 0.3 is 0 Å². The van der Waals surface area contributed by atoms with E-state index in [4.69, 9.17) is 17.3 Å². The summed E-state index contributed by atoms with van der Waals surface area (Å²) in [6, 6.07) is 16.5. The fourth-order valence-electron chi connectivity index (χ4n) is 3.51. The molecule has 138 valence electrons. The zero-order chi connectivity index (χ0) is 18.4. The van der Waals surface area contributed by atoms with E-state index in [-0.39, 0.29) is 11.8 Å². The number of nitrogens with zero attached hydrogens (tertiary/aromatic N) is 1. The van der Waals surface area contributed by atoms with Gasteiger partial charge in [0, 0.05) is 31.2 Å². The van der Waals surface area contributed by atoms with Crippen LogP contribution in [0.1, 0.15) is 29.5 Å². The van der Waals surface area contributed by atoms with Gasteiger partial charge < -0.3 is 11.1 Å². The van der Waals surface area contributed by atoms with Crippen LogP contribution in [0.2, 0.25) is 5.02 Å². The van der Waals surface area contributed by atoms with Gasteiger partial charge in [0.2, 0.25) is 5.91 Å². The topological polar surface area (TPSA) is 58.4 Å². The lowest BCUT2D eigenvalue weighted by Gasteiger charge is -2.31. The molecule has 0 bridgehead atoms. The van der Waals surface area contributed by atoms with Crippen LogP contribution in [-0.4, -0.2) is 23.9 Å². The number of nitrogens with one attached hydrogen (secondary N) is 1. The first-order valence-electron chi connectivity index (χ1n) is 9.15. The average Bonchev–Trinajstić information content (AvgIpc) is 2.64. The van der Waals surface area contributed by atoms with Crippen LogP contribution in [0.3, 0.4) is 0 Å². The van der Waals surface area contributed by atoms with Crippen LogP contribution in [-0.2, 0) is 24.4 Å². The van der Waals surface area contributed by atoms with E-state index in [2.05, 4.69) is 34.5 Å². The van der Waals surface area contributed by atoms with E-state index >= 15 is 0 Å². The molecule has 1 saturated heterocycles. The van der Waals surface area contributed by atoms with Crippen molar-refractivity contribution in [3.63, 3.8) is 0 Å². The zero-order valence-electron chi connectivity index (χ0n) is 15.0. The fourth-order valence-corrected chi connectivity index (χ4v) is 3.71. The number of carbonyl (C=O) groups is 1. The molecule has 4 nitrogen and oxygen atoms in total. The molecule has 1 amide bonds. The standard InChI is InChI=1S/C21H26ClN3O/c22-20-9-2-1-7-18(20)13-24-12-16-5-3-6-17(11-16)14-25-10-4-8-19(15-25)21(23)26/h1-3,5-7,9,11,19,24H,4,8,10,12-15H2,(H2,23,26)/t19-/m0/s1. The minimum atomic E-state index is -0.174. The highest BCUT2D eigenvalue weighted by atomic mass is 35.5. The maximum Gasteiger partial charge on any atom is 0.221 e. The van der Waals surface area contributed by atoms with Crippen LogP contribution in [0.4, 0.5) is 0 Å². The first kappa shape index (κ1) is 18.9. The van der Waals surface area contributed by atoms with Crippen LogP contribution in [0.5, 0.6) is 0 Å². The van der Waals surface area contributed by atoms with Gasteiger partial charge in [-0.1, -0.05) is 54.1 Å². The molecule has 1 fully saturated rings. The van der Waals surface area contributed by atoms with E-state index in [9.17, 15) is 4.79 Å². The molecule has 1 atom stereocenters. The van der Waals surface area contributed by atoms with Gasteiger partial charge in [0.1, 0.15) is 0 Å². The number of halogens is 1. The third kappa shape index (κ3) is 5.31. The Kier molecular flexibility index (Phi) is 6.67. The Hall–Kier alpha value is -1.88. The largest absolute Gasteiger partial charge is 0.369 e. The summed E-state index contributed by atoms with van der Waals surface area (Å²) in [4.78, 5) is 13.8. The summed E-state index contributed by atoms with van der Waals surface area (Å²) in [5, 5.41) is 4.25. The Bertz CT molecular complexity index is 750. The van der Waals surface area contributed by atoms with Crippen molar-refractivity contribution in [2.24, 2.45) is 11.7 Å². The molecular formula is C21H26ClN3O. The minimum absolute atomic E-state index is 0.00998. The summed E-state index contributed by atoms with van der Waals surface area (Å²) in [6.07, 6.45) is 1.95. The van der Waals surface area contributed by atoms with Gasteiger partial charge in [0.15, 0.2) is 0 Å². The number of benzene rings is 2. The van der Waals surface area contributed by atoms with Gasteiger partial charge in [-0.2, -0.15) is 0 Å². The third-order valence-electron chi connectivity index (χ3n) is 4.91. The minimum Gasteiger partial charge on any atom is -0.369 e. The SMILES string of the molecule is NC(=O)[C@H]1CCCN(Cc2cccc(CNCc3ccccc3Cl)c2)C1. The Morgan fingerprint density at radius 3 is 2.77 bits per heavy atom. The maximum absolute atomic E-state index is 11.4. The molecule has 0 aliphatic carbocycles. The molecule has 0 unspecified atom stereocenters. The van der Waals surface area contributed by atoms with E-state index in [0.717, 1.165) is 56.2 Å². The lowest BCUT2D eigenvalue weighted by molar-refractivity contribution is -0.123. The number of carbonyl (C=O) groups excluding carboxylic acids is 1. The zero-order valence-corrected chi connectivity index (χ0v) is 15.7. The predicted molar refractivity (Wildman–Crippen MR) is 106 cm³/mol. The molecular weight excluding hydrogens is 346 g/mol. The molecule has 1 aliphatic heterocycles. The molecule has 3 N–H and O–H groups in total. The van der Waals surface area contributed by atoms with E-state index in [1.165, 1.54) is 11.1 Å². The van der Waals surface area contributed by atoms with Crippen molar-refractivity contribution in [2.75, 3.05) is 13.1 Å². The summed E-state index contributed by atoms with van der Waals surface area (Å²) in [5.74, 6) is -0.184. The number of piperidine rings is 1. The van der Waals surface area contributed by atoms with Crippen molar-refractivity contribution < 1.29 is 4.79 Å². The molecule has 3 rings (SSSR count). The monoisotopic (exact) mass is 371 g/mol. The quantitative estimate of drug-likeness (QED) is 0.784. The first-order chi connectivity index (χ1) is 12.6. The van der Waals surface area contributed by atoms with Crippen molar-refractivity contribution in [1.82, 2.24) is 10.2 Å². The summed E-state index contributed by atoms with van der Waals surface area (Å²) in [6.45, 7) is 4.20. The summed E-state index contributed by atoms with van der Waals surface area (Å²) >= 11 is 6.20. The molecule has 1 aliphatic rings. The van der Waals surface area contributed by atoms with Crippen molar-refractivity contribution in [3.8, 4) is 0 Å². The van der Waals surface area contributed by atoms with Crippen molar-refractivity contribution >= 4 is 17.5 Å². The summed E-state index contributed by atoms with van der Waals surface area (Å²) < 4.78 is 0. The van der Waals surface area contributed by atoms with E-state index in [0.29, 0.717) is 0 Å². The number of rotatable bonds is 7. The van der Waals surface area contributed by atoms with E-state index in [1.807, 2.05) is 24.3 Å². The van der Waals surface area contributed by atoms with Gasteiger partial charge in [0.05, 0.1) is 5.92 Å². The van der Waals surface area contributed by atoms with Gasteiger partial charge in [-0.25, -0.2) is 0 Å². The van der Waals surface area contributed by atoms with Crippen LogP contribution in [0.15, 0.2) is 48.5 Å². The number of likely N-dealkylation sites (tertiary alicyclic amines) is 1. The normalized spacial score (nSPS) is 18.0. The molecule has 5 heteroatoms. The number of hydrogen-bond acceptors (Lipinski definition) is 3. The van der Waals surface area contributed by atoms with Crippen molar-refractivity contribution in [1.29, 1.82) is 0 Å². The maximum atomic E-state index is 11.4. The second kappa shape index (κ2) is 9.17. The van der Waals surface area contributed by atoms with Gasteiger partial charge in [-0.15, -0.1) is 0 Å². The van der Waals surface area contributed by atoms with Crippen molar-refractivity contribution in [3.05, 3.63) is 70.2 Å². The molecule has 0 spiro atoms. The van der Waals surface area contributed by atoms with E-state index < -0.39 is 0 Å². The fraction of sp³-hybridized carbons (Fsp3) is 0.381. The number of nitrogens with two attached hydrogens (primary N) is 1. The van der Waals surface area contributed by atoms with Crippen LogP contribution < -0.4 is 11.1 Å². The van der Waals surface area contributed by atoms with Crippen LogP contribution in [0, 0.1) is 5.92 Å². The molecule has 2 aromatic rings. The lowest BCUT2D eigenvalue weighted by atomic mass is 9.97. The Morgan fingerprint density at radius 2 is 1.96 bits per heavy atom. The second-order valence-electron chi connectivity index (χ2n) is 6.99. The first-order valence-corrected chi connectivity index (χ1v) is 9.53. The third-order valence-corrected chi connectivity index (χ3v) is 5.28. The smallest absolute Gasteiger partial charge is 0.221 e. The summed E-state index contributed by atoms with van der Waals surface area (Å²) in [7, 11) is 0. The number of hydrogen-bond donors (Lipinski definition) is 2. The van der Waals surface area contributed by atoms with E-state index in [1.54, 1.807) is 0 Å². The Balaban J connectivity index is 1.53. The van der Waals surface area contributed by atoms with Crippen molar-refractivity contribution in [2.45, 2.75) is 32.5 Å². The molecule has 2 aromatic carbocycles. The predicted octanol–water partition coefficient (Wildman–Crippen LogP) is 3.33. The summed E-state index contributed by atoms with van der Waals surface area (Å²) in [5.41, 5.74) is 9.10. The highest BCUT2D eigenvalue weighted by Crippen LogP contribution is 2.19. The second-order valence-corrected chi connectivity index (χ2v) is 7.40. The van der Waals surface area contributed by atoms with Gasteiger partial charge in [-0.3, -0.25) is 9.69 Å². The number of amides is 1. The highest BCUT2D eigenvalue weighted by Gasteiger charge is 2.23. The molecule has 0 saturated carbocycles. The Morgan fingerprint density at radius 1 is 1.15 bits per heavy atom. The number of primary amides is 1. The highest BCUT2D eigenvalue weighted by molar-refractivity contribution is 6.31. The van der Waals surface area contributed by atoms with Gasteiger partial charge in [-0.05, 0) is 42.1 Å². The molecule has 0 radical (unpaired) electrons. The van der Waals surface area contributed by atoms with Gasteiger partial charge in [0.25, 0.3) is 0 Å². The Labute approximate surface area is 160 Å². The van der Waals surface area contributed by atoms with Crippen LogP contribution in [0.25, 0.3) is 0 Å². The average molecular weight is 372 g/mol. The van der Waals surface area contributed by atoms with Crippen LogP contribution >= 0.6 is 11.6 Å². The molecule has 1 heterocycles. The molecule has 0 aromatic heterocycles.